The minimum atomic E-state index is 0.392. The van der Waals surface area contributed by atoms with Gasteiger partial charge in [-0.05, 0) is 43.3 Å². The molecule has 0 saturated heterocycles. The average molecular weight is 275 g/mol. The minimum Gasteiger partial charge on any atom is -0.313 e. The highest BCUT2D eigenvalue weighted by atomic mass is 32.2. The summed E-state index contributed by atoms with van der Waals surface area (Å²) < 4.78 is 1.86. The van der Waals surface area contributed by atoms with E-state index < -0.39 is 0 Å². The second-order valence-electron chi connectivity index (χ2n) is 4.64. The molecule has 0 amide bonds. The van der Waals surface area contributed by atoms with Gasteiger partial charge in [-0.25, -0.2) is 0 Å². The Morgan fingerprint density at radius 2 is 2.16 bits per heavy atom. The maximum absolute atomic E-state index is 4.22. The van der Waals surface area contributed by atoms with Crippen LogP contribution in [0.4, 0.5) is 0 Å². The molecule has 1 aromatic carbocycles. The maximum Gasteiger partial charge on any atom is 0.0521 e. The SMILES string of the molecule is CNC(CCc1cnn(C)c1)c1ccccc1SC. The van der Waals surface area contributed by atoms with E-state index in [1.165, 1.54) is 16.0 Å². The summed E-state index contributed by atoms with van der Waals surface area (Å²) in [6, 6.07) is 9.01. The lowest BCUT2D eigenvalue weighted by atomic mass is 10.0. The number of nitrogens with zero attached hydrogens (tertiary/aromatic N) is 2. The van der Waals surface area contributed by atoms with Crippen LogP contribution in [0, 0.1) is 0 Å². The molecule has 102 valence electrons. The molecule has 3 nitrogen and oxygen atoms in total. The summed E-state index contributed by atoms with van der Waals surface area (Å²) >= 11 is 1.81. The van der Waals surface area contributed by atoms with E-state index in [9.17, 15) is 0 Å². The Morgan fingerprint density at radius 1 is 1.37 bits per heavy atom. The lowest BCUT2D eigenvalue weighted by Gasteiger charge is -2.19. The molecular formula is C15H21N3S. The van der Waals surface area contributed by atoms with Crippen LogP contribution < -0.4 is 5.32 Å². The first-order valence-corrected chi connectivity index (χ1v) is 7.74. The zero-order valence-electron chi connectivity index (χ0n) is 11.8. The van der Waals surface area contributed by atoms with Crippen LogP contribution in [0.3, 0.4) is 0 Å². The van der Waals surface area contributed by atoms with Gasteiger partial charge in [0.15, 0.2) is 0 Å². The topological polar surface area (TPSA) is 29.9 Å². The van der Waals surface area contributed by atoms with Crippen LogP contribution >= 0.6 is 11.8 Å². The molecule has 2 aromatic rings. The highest BCUT2D eigenvalue weighted by molar-refractivity contribution is 7.98. The zero-order valence-corrected chi connectivity index (χ0v) is 12.6. The van der Waals surface area contributed by atoms with Gasteiger partial charge in [-0.2, -0.15) is 5.10 Å². The summed E-state index contributed by atoms with van der Waals surface area (Å²) in [7, 11) is 3.99. The lowest BCUT2D eigenvalue weighted by Crippen LogP contribution is -2.17. The molecule has 4 heteroatoms. The molecule has 0 aliphatic heterocycles. The van der Waals surface area contributed by atoms with Crippen LogP contribution in [0.25, 0.3) is 0 Å². The predicted molar refractivity (Wildman–Crippen MR) is 81.6 cm³/mol. The minimum absolute atomic E-state index is 0.392. The van der Waals surface area contributed by atoms with Gasteiger partial charge < -0.3 is 5.32 Å². The second-order valence-corrected chi connectivity index (χ2v) is 5.49. The van der Waals surface area contributed by atoms with E-state index in [0.717, 1.165) is 12.8 Å². The molecule has 0 spiro atoms. The van der Waals surface area contributed by atoms with E-state index in [2.05, 4.69) is 47.1 Å². The van der Waals surface area contributed by atoms with Crippen molar-refractivity contribution in [1.29, 1.82) is 0 Å². The molecule has 0 fully saturated rings. The molecule has 0 radical (unpaired) electrons. The van der Waals surface area contributed by atoms with Crippen molar-refractivity contribution in [2.45, 2.75) is 23.8 Å². The van der Waals surface area contributed by atoms with Gasteiger partial charge >= 0.3 is 0 Å². The third-order valence-electron chi connectivity index (χ3n) is 3.34. The van der Waals surface area contributed by atoms with Crippen LogP contribution in [0.15, 0.2) is 41.6 Å². The Bertz CT molecular complexity index is 522. The van der Waals surface area contributed by atoms with Crippen LogP contribution in [0.5, 0.6) is 0 Å². The van der Waals surface area contributed by atoms with Gasteiger partial charge in [0, 0.05) is 24.2 Å². The highest BCUT2D eigenvalue weighted by Gasteiger charge is 2.13. The fraction of sp³-hybridized carbons (Fsp3) is 0.400. The average Bonchev–Trinajstić information content (AvgIpc) is 2.86. The predicted octanol–water partition coefficient (Wildman–Crippen LogP) is 3.04. The molecule has 19 heavy (non-hydrogen) atoms. The number of benzene rings is 1. The molecule has 0 bridgehead atoms. The first kappa shape index (κ1) is 14.2. The van der Waals surface area contributed by atoms with Crippen molar-refractivity contribution in [3.8, 4) is 0 Å². The summed E-state index contributed by atoms with van der Waals surface area (Å²) in [5.74, 6) is 0. The summed E-state index contributed by atoms with van der Waals surface area (Å²) in [5, 5.41) is 7.65. The van der Waals surface area contributed by atoms with Crippen LogP contribution in [-0.4, -0.2) is 23.1 Å². The molecule has 1 heterocycles. The number of hydrogen-bond acceptors (Lipinski definition) is 3. The van der Waals surface area contributed by atoms with Crippen molar-refractivity contribution in [3.05, 3.63) is 47.8 Å². The normalized spacial score (nSPS) is 12.6. The Balaban J connectivity index is 2.07. The lowest BCUT2D eigenvalue weighted by molar-refractivity contribution is 0.541. The second kappa shape index (κ2) is 6.78. The van der Waals surface area contributed by atoms with Crippen molar-refractivity contribution in [1.82, 2.24) is 15.1 Å². The van der Waals surface area contributed by atoms with Gasteiger partial charge in [0.2, 0.25) is 0 Å². The highest BCUT2D eigenvalue weighted by Crippen LogP contribution is 2.28. The smallest absolute Gasteiger partial charge is 0.0521 e. The van der Waals surface area contributed by atoms with Crippen LogP contribution in [0.2, 0.25) is 0 Å². The fourth-order valence-electron chi connectivity index (χ4n) is 2.32. The largest absolute Gasteiger partial charge is 0.313 e. The van der Waals surface area contributed by atoms with Gasteiger partial charge in [-0.15, -0.1) is 11.8 Å². The summed E-state index contributed by atoms with van der Waals surface area (Å²) in [4.78, 5) is 1.35. The van der Waals surface area contributed by atoms with Crippen LogP contribution in [-0.2, 0) is 13.5 Å². The summed E-state index contributed by atoms with van der Waals surface area (Å²) in [5.41, 5.74) is 2.69. The Kier molecular flexibility index (Phi) is 5.05. The molecular weight excluding hydrogens is 254 g/mol. The summed E-state index contributed by atoms with van der Waals surface area (Å²) in [6.07, 6.45) is 8.30. The number of nitrogens with one attached hydrogen (secondary N) is 1. The van der Waals surface area contributed by atoms with E-state index in [-0.39, 0.29) is 0 Å². The van der Waals surface area contributed by atoms with Crippen molar-refractivity contribution in [2.24, 2.45) is 7.05 Å². The first-order valence-electron chi connectivity index (χ1n) is 6.52. The third kappa shape index (κ3) is 3.61. The van der Waals surface area contributed by atoms with E-state index in [0.29, 0.717) is 6.04 Å². The van der Waals surface area contributed by atoms with Gasteiger partial charge in [-0.3, -0.25) is 4.68 Å². The summed E-state index contributed by atoms with van der Waals surface area (Å²) in [6.45, 7) is 0. The van der Waals surface area contributed by atoms with Crippen molar-refractivity contribution in [2.75, 3.05) is 13.3 Å². The molecule has 2 rings (SSSR count). The van der Waals surface area contributed by atoms with E-state index in [1.54, 1.807) is 0 Å². The number of aryl methyl sites for hydroxylation is 2. The molecule has 1 atom stereocenters. The Hall–Kier alpha value is -1.26. The maximum atomic E-state index is 4.22. The molecule has 1 unspecified atom stereocenters. The molecule has 1 aromatic heterocycles. The van der Waals surface area contributed by atoms with Crippen molar-refractivity contribution >= 4 is 11.8 Å². The number of thioether (sulfide) groups is 1. The van der Waals surface area contributed by atoms with Gasteiger partial charge in [0.05, 0.1) is 6.20 Å². The fourth-order valence-corrected chi connectivity index (χ4v) is 2.98. The first-order chi connectivity index (χ1) is 9.24. The van der Waals surface area contributed by atoms with Gasteiger partial charge in [0.25, 0.3) is 0 Å². The monoisotopic (exact) mass is 275 g/mol. The standard InChI is InChI=1S/C15H21N3S/c1-16-14(9-8-12-10-17-18(2)11-12)13-6-4-5-7-15(13)19-3/h4-7,10-11,14,16H,8-9H2,1-3H3. The Labute approximate surface area is 119 Å². The molecule has 0 aliphatic carbocycles. The third-order valence-corrected chi connectivity index (χ3v) is 4.15. The Morgan fingerprint density at radius 3 is 2.79 bits per heavy atom. The quantitative estimate of drug-likeness (QED) is 0.822. The number of hydrogen-bond donors (Lipinski definition) is 1. The van der Waals surface area contributed by atoms with E-state index in [4.69, 9.17) is 0 Å². The molecule has 0 saturated carbocycles. The molecule has 1 N–H and O–H groups in total. The zero-order chi connectivity index (χ0) is 13.7. The van der Waals surface area contributed by atoms with Gasteiger partial charge in [-0.1, -0.05) is 18.2 Å². The number of rotatable bonds is 6. The van der Waals surface area contributed by atoms with Crippen molar-refractivity contribution in [3.63, 3.8) is 0 Å². The van der Waals surface area contributed by atoms with Gasteiger partial charge in [0.1, 0.15) is 0 Å². The number of aromatic nitrogens is 2. The van der Waals surface area contributed by atoms with E-state index >= 15 is 0 Å². The van der Waals surface area contributed by atoms with E-state index in [1.807, 2.05) is 36.7 Å². The molecule has 0 aliphatic rings. The van der Waals surface area contributed by atoms with Crippen molar-refractivity contribution < 1.29 is 0 Å². The van der Waals surface area contributed by atoms with Crippen LogP contribution in [0.1, 0.15) is 23.6 Å².